The number of allylic oxidation sites excluding steroid dienone is 1. The third-order valence-corrected chi connectivity index (χ3v) is 5.13. The van der Waals surface area contributed by atoms with Gasteiger partial charge in [-0.3, -0.25) is 9.67 Å². The second-order valence-corrected chi connectivity index (χ2v) is 7.24. The van der Waals surface area contributed by atoms with Crippen LogP contribution in [0.2, 0.25) is 0 Å². The summed E-state index contributed by atoms with van der Waals surface area (Å²) in [5, 5.41) is 8.87. The molecule has 3 aromatic heterocycles. The number of pyridine rings is 1. The number of nitrogens with two attached hydrogens (primary N) is 1. The number of fused-ring (bicyclic) bond motifs is 1. The van der Waals surface area contributed by atoms with Gasteiger partial charge in [0.25, 0.3) is 0 Å². The van der Waals surface area contributed by atoms with Crippen LogP contribution >= 0.6 is 0 Å². The molecule has 0 unspecified atom stereocenters. The molecular weight excluding hydrogens is 393 g/mol. The molecule has 1 aromatic carbocycles. The molecule has 4 aromatic rings. The first kappa shape index (κ1) is 20.3. The van der Waals surface area contributed by atoms with Crippen LogP contribution in [0.5, 0.6) is 0 Å². The van der Waals surface area contributed by atoms with Crippen LogP contribution < -0.4 is 11.1 Å². The molecule has 0 bridgehead atoms. The molecule has 0 saturated heterocycles. The Kier molecular flexibility index (Phi) is 5.79. The van der Waals surface area contributed by atoms with E-state index in [1.807, 2.05) is 24.0 Å². The van der Waals surface area contributed by atoms with Crippen molar-refractivity contribution in [3.8, 4) is 0 Å². The topological polar surface area (TPSA) is 96.9 Å². The third-order valence-electron chi connectivity index (χ3n) is 5.13. The molecule has 7 nitrogen and oxygen atoms in total. The first-order valence-electron chi connectivity index (χ1n) is 9.89. The monoisotopic (exact) mass is 417 g/mol. The standard InChI is InChI=1S/C23H24FN7/c1-26-12-18(10-25)16-8-21-17(14-29-23(21)28-13-16)7-20-9-22(30-31(20)2)27-11-15-3-5-19(24)6-4-15/h3-6,8-10,12-14H,7,11,25H2,1-2H3,(H,27,30)(H,28,29). The number of aryl methyl sites for hydroxylation is 1. The fourth-order valence-electron chi connectivity index (χ4n) is 3.46. The molecule has 4 N–H and O–H groups in total. The zero-order valence-electron chi connectivity index (χ0n) is 17.4. The average molecular weight is 417 g/mol. The van der Waals surface area contributed by atoms with E-state index >= 15 is 0 Å². The molecule has 8 heteroatoms. The van der Waals surface area contributed by atoms with Gasteiger partial charge in [0.05, 0.1) is 0 Å². The maximum atomic E-state index is 13.1. The van der Waals surface area contributed by atoms with Crippen molar-refractivity contribution in [3.05, 3.63) is 83.2 Å². The fraction of sp³-hybridized carbons (Fsp3) is 0.174. The van der Waals surface area contributed by atoms with E-state index in [2.05, 4.69) is 31.4 Å². The second kappa shape index (κ2) is 8.83. The summed E-state index contributed by atoms with van der Waals surface area (Å²) in [6, 6.07) is 10.5. The highest BCUT2D eigenvalue weighted by Gasteiger charge is 2.12. The predicted molar refractivity (Wildman–Crippen MR) is 122 cm³/mol. The van der Waals surface area contributed by atoms with E-state index in [4.69, 9.17) is 5.73 Å². The van der Waals surface area contributed by atoms with Crippen LogP contribution in [-0.4, -0.2) is 33.0 Å². The minimum Gasteiger partial charge on any atom is -0.404 e. The Morgan fingerprint density at radius 1 is 1.29 bits per heavy atom. The average Bonchev–Trinajstić information content (AvgIpc) is 3.34. The normalized spacial score (nSPS) is 12.2. The van der Waals surface area contributed by atoms with Gasteiger partial charge in [0.1, 0.15) is 17.3 Å². The Labute approximate surface area is 179 Å². The fourth-order valence-corrected chi connectivity index (χ4v) is 3.46. The summed E-state index contributed by atoms with van der Waals surface area (Å²) < 4.78 is 14.9. The quantitative estimate of drug-likeness (QED) is 0.400. The van der Waals surface area contributed by atoms with E-state index in [-0.39, 0.29) is 5.82 Å². The van der Waals surface area contributed by atoms with Gasteiger partial charge in [-0.05, 0) is 29.3 Å². The van der Waals surface area contributed by atoms with Gasteiger partial charge in [0, 0.05) is 80.2 Å². The molecule has 158 valence electrons. The highest BCUT2D eigenvalue weighted by Crippen LogP contribution is 2.24. The van der Waals surface area contributed by atoms with Crippen LogP contribution in [0.3, 0.4) is 0 Å². The lowest BCUT2D eigenvalue weighted by Crippen LogP contribution is -2.01. The van der Waals surface area contributed by atoms with Gasteiger partial charge in [0.15, 0.2) is 0 Å². The number of aromatic amines is 1. The Hall–Kier alpha value is -3.94. The lowest BCUT2D eigenvalue weighted by atomic mass is 10.1. The van der Waals surface area contributed by atoms with Crippen LogP contribution in [0.25, 0.3) is 16.6 Å². The van der Waals surface area contributed by atoms with Crippen LogP contribution in [0.15, 0.2) is 60.0 Å². The number of rotatable bonds is 7. The minimum atomic E-state index is -0.240. The first-order chi connectivity index (χ1) is 15.1. The lowest BCUT2D eigenvalue weighted by Gasteiger charge is -2.03. The molecule has 0 radical (unpaired) electrons. The van der Waals surface area contributed by atoms with Gasteiger partial charge < -0.3 is 16.0 Å². The number of aromatic nitrogens is 4. The van der Waals surface area contributed by atoms with Gasteiger partial charge in [-0.25, -0.2) is 9.37 Å². The number of anilines is 1. The molecule has 0 fully saturated rings. The first-order valence-corrected chi connectivity index (χ1v) is 9.89. The van der Waals surface area contributed by atoms with E-state index in [0.29, 0.717) is 13.0 Å². The smallest absolute Gasteiger partial charge is 0.148 e. The Morgan fingerprint density at radius 2 is 2.10 bits per heavy atom. The highest BCUT2D eigenvalue weighted by atomic mass is 19.1. The number of aliphatic imine (C=N–C) groups is 1. The van der Waals surface area contributed by atoms with Crippen molar-refractivity contribution in [1.82, 2.24) is 19.7 Å². The van der Waals surface area contributed by atoms with Crippen LogP contribution in [0.4, 0.5) is 10.2 Å². The highest BCUT2D eigenvalue weighted by molar-refractivity contribution is 6.10. The van der Waals surface area contributed by atoms with E-state index in [0.717, 1.165) is 44.8 Å². The van der Waals surface area contributed by atoms with E-state index in [9.17, 15) is 4.39 Å². The van der Waals surface area contributed by atoms with Gasteiger partial charge in [0.2, 0.25) is 0 Å². The summed E-state index contributed by atoms with van der Waals surface area (Å²) in [6.45, 7) is 0.574. The van der Waals surface area contributed by atoms with Crippen LogP contribution in [-0.2, 0) is 20.0 Å². The number of halogens is 1. The number of H-pyrrole nitrogens is 1. The summed E-state index contributed by atoms with van der Waals surface area (Å²) in [5.74, 6) is 0.532. The summed E-state index contributed by atoms with van der Waals surface area (Å²) >= 11 is 0. The molecule has 0 amide bonds. The SMILES string of the molecule is CN=CC(=CN)c1cnc2[nH]cc(Cc3cc(NCc4ccc(F)cc4)nn3C)c2c1. The lowest BCUT2D eigenvalue weighted by molar-refractivity contribution is 0.627. The number of nitrogens with zero attached hydrogens (tertiary/aromatic N) is 4. The second-order valence-electron chi connectivity index (χ2n) is 7.24. The van der Waals surface area contributed by atoms with Crippen LogP contribution in [0, 0.1) is 5.82 Å². The molecular formula is C23H24FN7. The number of nitrogens with one attached hydrogen (secondary N) is 2. The molecule has 31 heavy (non-hydrogen) atoms. The number of benzene rings is 1. The Morgan fingerprint density at radius 3 is 2.84 bits per heavy atom. The maximum Gasteiger partial charge on any atom is 0.148 e. The molecule has 0 atom stereocenters. The van der Waals surface area contributed by atoms with Crippen molar-refractivity contribution in [2.45, 2.75) is 13.0 Å². The summed E-state index contributed by atoms with van der Waals surface area (Å²) in [5.41, 5.74) is 11.4. The van der Waals surface area contributed by atoms with Crippen molar-refractivity contribution in [3.63, 3.8) is 0 Å². The van der Waals surface area contributed by atoms with Gasteiger partial charge in [-0.1, -0.05) is 12.1 Å². The number of hydrogen-bond acceptors (Lipinski definition) is 5. The summed E-state index contributed by atoms with van der Waals surface area (Å²) in [4.78, 5) is 11.8. The van der Waals surface area contributed by atoms with Crippen LogP contribution in [0.1, 0.15) is 22.4 Å². The predicted octanol–water partition coefficient (Wildman–Crippen LogP) is 3.64. The molecule has 0 saturated carbocycles. The van der Waals surface area contributed by atoms with E-state index in [1.54, 1.807) is 31.6 Å². The molecule has 4 rings (SSSR count). The summed E-state index contributed by atoms with van der Waals surface area (Å²) in [7, 11) is 3.63. The molecule has 0 aliphatic rings. The molecule has 0 spiro atoms. The largest absolute Gasteiger partial charge is 0.404 e. The Balaban J connectivity index is 1.54. The maximum absolute atomic E-state index is 13.1. The molecule has 3 heterocycles. The van der Waals surface area contributed by atoms with Crippen molar-refractivity contribution in [2.24, 2.45) is 17.8 Å². The van der Waals surface area contributed by atoms with Crippen molar-refractivity contribution >= 4 is 28.6 Å². The molecule has 0 aliphatic heterocycles. The zero-order valence-corrected chi connectivity index (χ0v) is 17.4. The molecule has 0 aliphatic carbocycles. The van der Waals surface area contributed by atoms with Crippen molar-refractivity contribution in [1.29, 1.82) is 0 Å². The zero-order chi connectivity index (χ0) is 21.8. The van der Waals surface area contributed by atoms with Crippen molar-refractivity contribution in [2.75, 3.05) is 12.4 Å². The minimum absolute atomic E-state index is 0.240. The van der Waals surface area contributed by atoms with Gasteiger partial charge in [-0.2, -0.15) is 5.10 Å². The Bertz CT molecular complexity index is 1250. The summed E-state index contributed by atoms with van der Waals surface area (Å²) in [6.07, 6.45) is 7.69. The van der Waals surface area contributed by atoms with E-state index in [1.165, 1.54) is 18.3 Å². The van der Waals surface area contributed by atoms with E-state index < -0.39 is 0 Å². The number of hydrogen-bond donors (Lipinski definition) is 3. The van der Waals surface area contributed by atoms with Gasteiger partial charge in [-0.15, -0.1) is 0 Å². The van der Waals surface area contributed by atoms with Gasteiger partial charge >= 0.3 is 0 Å². The third kappa shape index (κ3) is 4.48. The van der Waals surface area contributed by atoms with Crippen molar-refractivity contribution < 1.29 is 4.39 Å².